The second kappa shape index (κ2) is 47.7. The highest BCUT2D eigenvalue weighted by Gasteiger charge is 2.33. The van der Waals surface area contributed by atoms with E-state index in [-0.39, 0.29) is 62.5 Å². The van der Waals surface area contributed by atoms with Crippen molar-refractivity contribution in [1.82, 2.24) is 59.2 Å². The Kier molecular flexibility index (Phi) is 38.4. The van der Waals surface area contributed by atoms with Crippen LogP contribution in [0.3, 0.4) is 0 Å². The number of anilines is 8. The standard InChI is InChI=1S/C22H35N5O2.C21H35N5O.C21H35N3O2.C20H32N4O2.C19H31N3O/c1-16(28)25-8-6-19(7-9-25)23-20-14-18(22(3,4)5)15-21(24-20)27-12-10-26(11-13-27)17(2)29;1-16(27)25-8-6-18(7-9-25)22-19-14-17(21(2,3)4)15-20(23-19)26-12-10-24(5)11-13-26;1-16(25)24-9-7-17(8-10-24)13-19-14-18(21(2,3)4)15-20(22-19)23(5)11-12-26-6;1-15(25)23-7-5-17(6-8-23)21-18-13-16(20(2,3)4)14-19(22-18)24-9-11-26-12-10-24;1-14(23)22-9-7-15(8-10-22)11-17-12-16(19(2,3)4)13-18(20-17)21(5)6/h14-15,19H,6-13H2,1-5H3,(H,23,24);14-15,18H,6-13H2,1-5H3,(H,22,23);14-15,17H,7-13H2,1-6H3;13-14,17H,5-12H2,1-4H3,(H,21,22);12-13,15H,7-11H2,1-6H3. The molecule has 728 valence electrons. The third-order valence-electron chi connectivity index (χ3n) is 27.2. The van der Waals surface area contributed by atoms with Crippen molar-refractivity contribution in [2.24, 2.45) is 11.8 Å². The quantitative estimate of drug-likeness (QED) is 0.0736. The number of piperidine rings is 5. The lowest BCUT2D eigenvalue weighted by Crippen LogP contribution is -2.48. The van der Waals surface area contributed by atoms with Gasteiger partial charge in [0, 0.05) is 237 Å². The minimum atomic E-state index is 0.0212. The zero-order valence-corrected chi connectivity index (χ0v) is 85.5. The van der Waals surface area contributed by atoms with Crippen molar-refractivity contribution in [3.8, 4) is 0 Å². The van der Waals surface area contributed by atoms with Gasteiger partial charge in [-0.2, -0.15) is 0 Å². The maximum Gasteiger partial charge on any atom is 0.219 e. The molecule has 0 aromatic carbocycles. The van der Waals surface area contributed by atoms with Gasteiger partial charge >= 0.3 is 0 Å². The summed E-state index contributed by atoms with van der Waals surface area (Å²) < 4.78 is 10.7. The fourth-order valence-corrected chi connectivity index (χ4v) is 17.8. The molecular weight excluding hydrogens is 1650 g/mol. The molecule has 28 heteroatoms. The molecule has 0 radical (unpaired) electrons. The van der Waals surface area contributed by atoms with E-state index < -0.39 is 0 Å². The smallest absolute Gasteiger partial charge is 0.219 e. The summed E-state index contributed by atoms with van der Waals surface area (Å²) in [6.07, 6.45) is 12.1. The molecule has 0 spiro atoms. The van der Waals surface area contributed by atoms with Crippen LogP contribution in [0, 0.1) is 11.8 Å². The number of hydrogen-bond acceptors (Lipinski definition) is 22. The molecule has 13 rings (SSSR count). The van der Waals surface area contributed by atoms with Crippen LogP contribution >= 0.6 is 0 Å². The summed E-state index contributed by atoms with van der Waals surface area (Å²) in [7, 11) is 10.1. The van der Waals surface area contributed by atoms with Crippen LogP contribution in [0.4, 0.5) is 46.5 Å². The molecule has 0 aliphatic carbocycles. The number of likely N-dealkylation sites (N-methyl/N-ethyl adjacent to an activating group) is 2. The van der Waals surface area contributed by atoms with Gasteiger partial charge in [-0.3, -0.25) is 28.8 Å². The van der Waals surface area contributed by atoms with E-state index in [1.165, 1.54) is 33.5 Å². The molecular formula is C103H168N20O8. The number of aromatic nitrogens is 5. The van der Waals surface area contributed by atoms with E-state index in [2.05, 4.69) is 224 Å². The van der Waals surface area contributed by atoms with Gasteiger partial charge in [0.25, 0.3) is 0 Å². The fourth-order valence-electron chi connectivity index (χ4n) is 17.8. The van der Waals surface area contributed by atoms with E-state index in [9.17, 15) is 28.8 Å². The summed E-state index contributed by atoms with van der Waals surface area (Å²) >= 11 is 0. The Balaban J connectivity index is 0.000000185. The summed E-state index contributed by atoms with van der Waals surface area (Å²) in [5.74, 6) is 10.2. The topological polar surface area (TPSA) is 260 Å². The van der Waals surface area contributed by atoms with Crippen LogP contribution in [0.2, 0.25) is 0 Å². The highest BCUT2D eigenvalue weighted by Crippen LogP contribution is 2.37. The summed E-state index contributed by atoms with van der Waals surface area (Å²) in [6, 6.07) is 23.2. The second-order valence-corrected chi connectivity index (χ2v) is 43.2. The number of nitrogens with zero attached hydrogens (tertiary/aromatic N) is 17. The van der Waals surface area contributed by atoms with E-state index in [0.717, 1.165) is 280 Å². The number of nitrogens with one attached hydrogen (secondary N) is 3. The van der Waals surface area contributed by atoms with Crippen molar-refractivity contribution in [3.63, 3.8) is 0 Å². The van der Waals surface area contributed by atoms with Crippen LogP contribution in [-0.4, -0.2) is 305 Å². The maximum atomic E-state index is 11.6. The van der Waals surface area contributed by atoms with Gasteiger partial charge in [-0.05, 0) is 211 Å². The van der Waals surface area contributed by atoms with Gasteiger partial charge in [-0.25, -0.2) is 24.9 Å². The number of pyridine rings is 5. The maximum absolute atomic E-state index is 11.6. The normalized spacial score (nSPS) is 18.2. The number of carbonyl (C=O) groups is 6. The molecule has 5 aromatic rings. The fraction of sp³-hybridized carbons (Fsp3) is 0.699. The minimum absolute atomic E-state index is 0.0212. The minimum Gasteiger partial charge on any atom is -0.383 e. The Labute approximate surface area is 787 Å². The first-order chi connectivity index (χ1) is 61.5. The number of methoxy groups -OCH3 is 1. The Bertz CT molecular complexity index is 4480. The second-order valence-electron chi connectivity index (χ2n) is 43.2. The lowest BCUT2D eigenvalue weighted by Gasteiger charge is -2.36. The Morgan fingerprint density at radius 2 is 0.618 bits per heavy atom. The Hall–Kier alpha value is -9.15. The molecule has 8 saturated heterocycles. The molecule has 131 heavy (non-hydrogen) atoms. The first kappa shape index (κ1) is 106. The summed E-state index contributed by atoms with van der Waals surface area (Å²) in [5.41, 5.74) is 9.25. The molecule has 3 N–H and O–H groups in total. The molecule has 0 atom stereocenters. The lowest BCUT2D eigenvalue weighted by molar-refractivity contribution is -0.131. The summed E-state index contributed by atoms with van der Waals surface area (Å²) in [5, 5.41) is 10.9. The van der Waals surface area contributed by atoms with Gasteiger partial charge < -0.3 is 84.2 Å². The van der Waals surface area contributed by atoms with Crippen molar-refractivity contribution < 1.29 is 38.2 Å². The molecule has 5 aromatic heterocycles. The SMILES string of the molecule is CC(=O)N1CCC(Cc2cc(C(C)(C)C)cc(N(C)C)n2)CC1.CC(=O)N1CCC(Nc2cc(C(C)(C)C)cc(N3CCN(C(C)=O)CC3)n2)CC1.CC(=O)N1CCC(Nc2cc(C(C)(C)C)cc(N3CCN(C)CC3)n2)CC1.CC(=O)N1CCC(Nc2cc(C(C)(C)C)cc(N3CCOCC3)n2)CC1.COCCN(C)c1cc(C(C)(C)C)cc(CC2CCN(C(C)=O)CC2)n1. The zero-order chi connectivity index (χ0) is 96.0. The van der Waals surface area contributed by atoms with E-state index in [1.54, 1.807) is 48.7 Å². The van der Waals surface area contributed by atoms with Crippen LogP contribution < -0.4 is 40.4 Å². The summed E-state index contributed by atoms with van der Waals surface area (Å²) in [6.45, 7) is 64.0. The van der Waals surface area contributed by atoms with Crippen molar-refractivity contribution >= 4 is 82.0 Å². The number of rotatable bonds is 18. The third-order valence-corrected chi connectivity index (χ3v) is 27.2. The average molecular weight is 1810 g/mol. The molecule has 6 amide bonds. The first-order valence-corrected chi connectivity index (χ1v) is 48.9. The number of carbonyl (C=O) groups excluding carboxylic acids is 6. The van der Waals surface area contributed by atoms with Crippen molar-refractivity contribution in [2.45, 2.75) is 268 Å². The van der Waals surface area contributed by atoms with Crippen LogP contribution in [0.15, 0.2) is 60.7 Å². The molecule has 0 bridgehead atoms. The highest BCUT2D eigenvalue weighted by molar-refractivity contribution is 5.76. The van der Waals surface area contributed by atoms with E-state index in [4.69, 9.17) is 34.4 Å². The molecule has 8 fully saturated rings. The van der Waals surface area contributed by atoms with E-state index in [1.807, 2.05) is 43.5 Å². The monoisotopic (exact) mass is 1810 g/mol. The molecule has 8 aliphatic rings. The lowest BCUT2D eigenvalue weighted by atomic mass is 9.85. The molecule has 0 saturated carbocycles. The number of morpholine rings is 1. The van der Waals surface area contributed by atoms with Gasteiger partial charge in [-0.15, -0.1) is 0 Å². The largest absolute Gasteiger partial charge is 0.383 e. The van der Waals surface area contributed by atoms with E-state index in [0.29, 0.717) is 36.6 Å². The van der Waals surface area contributed by atoms with Crippen LogP contribution in [-0.2, 0) is 78.2 Å². The summed E-state index contributed by atoms with van der Waals surface area (Å²) in [4.78, 5) is 119. The molecule has 13 heterocycles. The van der Waals surface area contributed by atoms with E-state index >= 15 is 0 Å². The van der Waals surface area contributed by atoms with Crippen LogP contribution in [0.5, 0.6) is 0 Å². The van der Waals surface area contributed by atoms with Gasteiger partial charge in [0.05, 0.1) is 19.8 Å². The number of likely N-dealkylation sites (tertiary alicyclic amines) is 5. The third kappa shape index (κ3) is 33.2. The Morgan fingerprint density at radius 3 is 0.908 bits per heavy atom. The highest BCUT2D eigenvalue weighted by atomic mass is 16.5. The zero-order valence-electron chi connectivity index (χ0n) is 85.5. The average Bonchev–Trinajstić information content (AvgIpc) is 0.838. The predicted octanol–water partition coefficient (Wildman–Crippen LogP) is 14.2. The van der Waals surface area contributed by atoms with Crippen molar-refractivity contribution in [3.05, 3.63) is 99.9 Å². The number of piperazine rings is 2. The molecule has 0 unspecified atom stereocenters. The van der Waals surface area contributed by atoms with Gasteiger partial charge in [0.2, 0.25) is 35.4 Å². The van der Waals surface area contributed by atoms with Crippen molar-refractivity contribution in [1.29, 1.82) is 0 Å². The molecule has 28 nitrogen and oxygen atoms in total. The number of amides is 6. The van der Waals surface area contributed by atoms with Crippen molar-refractivity contribution in [2.75, 3.05) is 233 Å². The predicted molar refractivity (Wildman–Crippen MR) is 535 cm³/mol. The first-order valence-electron chi connectivity index (χ1n) is 48.9. The van der Waals surface area contributed by atoms with Gasteiger partial charge in [0.1, 0.15) is 46.5 Å². The van der Waals surface area contributed by atoms with Crippen LogP contribution in [0.25, 0.3) is 0 Å². The van der Waals surface area contributed by atoms with Crippen LogP contribution in [0.1, 0.15) is 249 Å². The van der Waals surface area contributed by atoms with Gasteiger partial charge in [-0.1, -0.05) is 104 Å². The number of hydrogen-bond donors (Lipinski definition) is 3. The number of ether oxygens (including phenoxy) is 2. The van der Waals surface area contributed by atoms with Gasteiger partial charge in [0.15, 0.2) is 0 Å². The Morgan fingerprint density at radius 1 is 0.351 bits per heavy atom. The molecule has 8 aliphatic heterocycles.